The molecule has 9 heteroatoms. The lowest BCUT2D eigenvalue weighted by molar-refractivity contribution is -0.132. The lowest BCUT2D eigenvalue weighted by atomic mass is 9.90. The number of fused-ring (bicyclic) bond motifs is 1. The van der Waals surface area contributed by atoms with E-state index in [0.29, 0.717) is 32.6 Å². The maximum atomic E-state index is 13.4. The fourth-order valence-electron chi connectivity index (χ4n) is 5.29. The molecule has 2 fully saturated rings. The molecule has 5 rings (SSSR count). The highest BCUT2D eigenvalue weighted by Gasteiger charge is 2.49. The first-order valence-corrected chi connectivity index (χ1v) is 13.7. The zero-order chi connectivity index (χ0) is 24.8. The van der Waals surface area contributed by atoms with Crippen LogP contribution in [-0.2, 0) is 33.2 Å². The number of rotatable bonds is 5. The predicted molar refractivity (Wildman–Crippen MR) is 132 cm³/mol. The number of carbonyl (C=O) groups excluding carboxylic acids is 2. The monoisotopic (exact) mass is 496 g/mol. The van der Waals surface area contributed by atoms with Crippen LogP contribution in [0.25, 0.3) is 0 Å². The molecule has 0 radical (unpaired) electrons. The summed E-state index contributed by atoms with van der Waals surface area (Å²) in [6, 6.07) is 12.5. The maximum Gasteiger partial charge on any atom is 0.326 e. The van der Waals surface area contributed by atoms with Crippen molar-refractivity contribution < 1.29 is 18.0 Å². The standard InChI is InChI=1S/C26H32N4O4S/c1-19-7-11-23(12-8-19)35(33,34)29-14-4-13-28(15-16-29)18-30-24(31)26(2,27-25(30)32)22-10-9-20-5-3-6-21(20)17-22/h7-12,17H,3-6,13-16,18H2,1-2H3,(H,27,32)/t26-/m1/s1. The van der Waals surface area contributed by atoms with Crippen LogP contribution in [0.2, 0.25) is 0 Å². The summed E-state index contributed by atoms with van der Waals surface area (Å²) in [4.78, 5) is 29.8. The van der Waals surface area contributed by atoms with Gasteiger partial charge in [-0.05, 0) is 68.4 Å². The minimum absolute atomic E-state index is 0.142. The lowest BCUT2D eigenvalue weighted by Crippen LogP contribution is -2.45. The number of benzene rings is 2. The van der Waals surface area contributed by atoms with Crippen LogP contribution >= 0.6 is 0 Å². The Morgan fingerprint density at radius 2 is 1.66 bits per heavy atom. The third-order valence-electron chi connectivity index (χ3n) is 7.50. The number of urea groups is 1. The van der Waals surface area contributed by atoms with Crippen LogP contribution in [0.5, 0.6) is 0 Å². The van der Waals surface area contributed by atoms with Gasteiger partial charge in [-0.2, -0.15) is 4.31 Å². The number of hydrogen-bond acceptors (Lipinski definition) is 5. The Morgan fingerprint density at radius 3 is 2.43 bits per heavy atom. The maximum absolute atomic E-state index is 13.4. The van der Waals surface area contributed by atoms with Crippen LogP contribution in [0.1, 0.15) is 42.0 Å². The molecule has 0 bridgehead atoms. The molecule has 2 saturated heterocycles. The molecule has 1 aliphatic carbocycles. The van der Waals surface area contributed by atoms with Gasteiger partial charge in [-0.1, -0.05) is 35.9 Å². The van der Waals surface area contributed by atoms with E-state index in [1.54, 1.807) is 31.2 Å². The molecule has 8 nitrogen and oxygen atoms in total. The van der Waals surface area contributed by atoms with Crippen molar-refractivity contribution in [3.8, 4) is 0 Å². The number of nitrogens with zero attached hydrogens (tertiary/aromatic N) is 3. The molecule has 3 amide bonds. The topological polar surface area (TPSA) is 90.0 Å². The Hall–Kier alpha value is -2.75. The van der Waals surface area contributed by atoms with Crippen LogP contribution in [0, 0.1) is 6.92 Å². The minimum atomic E-state index is -3.59. The van der Waals surface area contributed by atoms with Gasteiger partial charge in [0, 0.05) is 26.2 Å². The number of aryl methyl sites for hydroxylation is 3. The van der Waals surface area contributed by atoms with Gasteiger partial charge in [0.05, 0.1) is 11.6 Å². The summed E-state index contributed by atoms with van der Waals surface area (Å²) in [5, 5.41) is 2.91. The largest absolute Gasteiger partial charge is 0.326 e. The Kier molecular flexibility index (Phi) is 6.19. The number of sulfonamides is 1. The smallest absolute Gasteiger partial charge is 0.319 e. The van der Waals surface area contributed by atoms with E-state index in [0.717, 1.165) is 30.4 Å². The number of carbonyl (C=O) groups is 2. The van der Waals surface area contributed by atoms with Crippen LogP contribution in [-0.4, -0.2) is 67.3 Å². The van der Waals surface area contributed by atoms with Gasteiger partial charge in [-0.25, -0.2) is 18.1 Å². The summed E-state index contributed by atoms with van der Waals surface area (Å²) in [7, 11) is -3.59. The van der Waals surface area contributed by atoms with Crippen LogP contribution in [0.15, 0.2) is 47.4 Å². The van der Waals surface area contributed by atoms with E-state index in [2.05, 4.69) is 17.4 Å². The number of hydrogen-bond donors (Lipinski definition) is 1. The molecule has 3 aliphatic rings. The molecule has 0 unspecified atom stereocenters. The van der Waals surface area contributed by atoms with E-state index >= 15 is 0 Å². The molecular formula is C26H32N4O4S. The zero-order valence-electron chi connectivity index (χ0n) is 20.3. The van der Waals surface area contributed by atoms with Crippen molar-refractivity contribution in [3.63, 3.8) is 0 Å². The molecule has 2 heterocycles. The predicted octanol–water partition coefficient (Wildman–Crippen LogP) is 2.60. The molecular weight excluding hydrogens is 464 g/mol. The summed E-state index contributed by atoms with van der Waals surface area (Å²) in [6.45, 7) is 5.59. The number of imide groups is 1. The first kappa shape index (κ1) is 24.0. The average molecular weight is 497 g/mol. The van der Waals surface area contributed by atoms with Crippen LogP contribution in [0.3, 0.4) is 0 Å². The summed E-state index contributed by atoms with van der Waals surface area (Å²) >= 11 is 0. The van der Waals surface area contributed by atoms with Crippen molar-refractivity contribution in [3.05, 3.63) is 64.7 Å². The molecule has 1 N–H and O–H groups in total. The van der Waals surface area contributed by atoms with Gasteiger partial charge in [-0.15, -0.1) is 0 Å². The second kappa shape index (κ2) is 9.04. The molecule has 35 heavy (non-hydrogen) atoms. The van der Waals surface area contributed by atoms with Gasteiger partial charge in [0.15, 0.2) is 0 Å². The van der Waals surface area contributed by atoms with Crippen molar-refractivity contribution in [1.82, 2.24) is 19.4 Å². The van der Waals surface area contributed by atoms with Crippen LogP contribution in [0.4, 0.5) is 4.79 Å². The van der Waals surface area contributed by atoms with Crippen molar-refractivity contribution in [2.45, 2.75) is 50.0 Å². The van der Waals surface area contributed by atoms with E-state index in [1.165, 1.54) is 20.3 Å². The van der Waals surface area contributed by atoms with Crippen molar-refractivity contribution in [1.29, 1.82) is 0 Å². The van der Waals surface area contributed by atoms with Crippen molar-refractivity contribution >= 4 is 22.0 Å². The highest BCUT2D eigenvalue weighted by Crippen LogP contribution is 2.33. The van der Waals surface area contributed by atoms with Crippen molar-refractivity contribution in [2.24, 2.45) is 0 Å². The highest BCUT2D eigenvalue weighted by atomic mass is 32.2. The van der Waals surface area contributed by atoms with Gasteiger partial charge >= 0.3 is 6.03 Å². The average Bonchev–Trinajstić information content (AvgIpc) is 3.28. The number of nitrogens with one attached hydrogen (secondary N) is 1. The van der Waals surface area contributed by atoms with Gasteiger partial charge in [0.1, 0.15) is 5.54 Å². The quantitative estimate of drug-likeness (QED) is 0.643. The molecule has 1 atom stereocenters. The first-order valence-electron chi connectivity index (χ1n) is 12.2. The highest BCUT2D eigenvalue weighted by molar-refractivity contribution is 7.89. The third-order valence-corrected chi connectivity index (χ3v) is 9.41. The second-order valence-corrected chi connectivity index (χ2v) is 11.9. The molecule has 2 aromatic rings. The normalized spacial score (nSPS) is 23.9. The molecule has 2 aromatic carbocycles. The third kappa shape index (κ3) is 4.37. The summed E-state index contributed by atoms with van der Waals surface area (Å²) in [5.41, 5.74) is 3.30. The molecule has 0 aromatic heterocycles. The molecule has 2 aliphatic heterocycles. The Labute approximate surface area is 206 Å². The van der Waals surface area contributed by atoms with E-state index in [4.69, 9.17) is 0 Å². The number of amides is 3. The van der Waals surface area contributed by atoms with E-state index in [9.17, 15) is 18.0 Å². The van der Waals surface area contributed by atoms with Crippen molar-refractivity contribution in [2.75, 3.05) is 32.8 Å². The SMILES string of the molecule is Cc1ccc(S(=O)(=O)N2CCCN(CN3C(=O)N[C@](C)(c4ccc5c(c4)CCC5)C3=O)CC2)cc1. The van der Waals surface area contributed by atoms with Gasteiger partial charge < -0.3 is 5.32 Å². The summed E-state index contributed by atoms with van der Waals surface area (Å²) in [5.74, 6) is -0.270. The Morgan fingerprint density at radius 1 is 0.914 bits per heavy atom. The lowest BCUT2D eigenvalue weighted by Gasteiger charge is -2.26. The summed E-state index contributed by atoms with van der Waals surface area (Å²) < 4.78 is 27.7. The molecule has 0 saturated carbocycles. The van der Waals surface area contributed by atoms with E-state index in [-0.39, 0.29) is 17.5 Å². The van der Waals surface area contributed by atoms with E-state index < -0.39 is 21.6 Å². The Balaban J connectivity index is 1.27. The minimum Gasteiger partial charge on any atom is -0.319 e. The fourth-order valence-corrected chi connectivity index (χ4v) is 6.76. The molecule has 0 spiro atoms. The van der Waals surface area contributed by atoms with Gasteiger partial charge in [-0.3, -0.25) is 9.69 Å². The molecule has 186 valence electrons. The van der Waals surface area contributed by atoms with Gasteiger partial charge in [0.25, 0.3) is 5.91 Å². The van der Waals surface area contributed by atoms with Gasteiger partial charge in [0.2, 0.25) is 10.0 Å². The van der Waals surface area contributed by atoms with E-state index in [1.807, 2.05) is 17.9 Å². The fraction of sp³-hybridized carbons (Fsp3) is 0.462. The summed E-state index contributed by atoms with van der Waals surface area (Å²) in [6.07, 6.45) is 3.80. The first-order chi connectivity index (χ1) is 16.7. The Bertz CT molecular complexity index is 1260. The van der Waals surface area contributed by atoms with Crippen LogP contribution < -0.4 is 5.32 Å². The zero-order valence-corrected chi connectivity index (χ0v) is 21.1. The second-order valence-electron chi connectivity index (χ2n) is 9.96.